The smallest absolute Gasteiger partial charge is 0.239 e. The second-order valence-corrected chi connectivity index (χ2v) is 5.00. The van der Waals surface area contributed by atoms with Crippen molar-refractivity contribution in [1.29, 1.82) is 0 Å². The van der Waals surface area contributed by atoms with Crippen LogP contribution in [0, 0.1) is 5.92 Å². The normalized spacial score (nSPS) is 17.9. The van der Waals surface area contributed by atoms with Gasteiger partial charge in [-0.3, -0.25) is 4.79 Å². The van der Waals surface area contributed by atoms with Crippen molar-refractivity contribution in [3.63, 3.8) is 0 Å². The van der Waals surface area contributed by atoms with Crippen LogP contribution in [0.2, 0.25) is 0 Å². The maximum Gasteiger partial charge on any atom is 0.239 e. The average molecular weight is 212 g/mol. The van der Waals surface area contributed by atoms with E-state index in [1.54, 1.807) is 0 Å². The molecule has 1 aliphatic rings. The van der Waals surface area contributed by atoms with Crippen LogP contribution in [0.3, 0.4) is 0 Å². The van der Waals surface area contributed by atoms with Crippen LogP contribution in [0.5, 0.6) is 0 Å². The Morgan fingerprint density at radius 3 is 2.47 bits per heavy atom. The Hall–Kier alpha value is -0.570. The molecule has 0 aliphatic heterocycles. The summed E-state index contributed by atoms with van der Waals surface area (Å²) in [6, 6.07) is 0.202. The third-order valence-electron chi connectivity index (χ3n) is 2.78. The van der Waals surface area contributed by atoms with Crippen molar-refractivity contribution in [3.05, 3.63) is 0 Å². The Balaban J connectivity index is 2.47. The van der Waals surface area contributed by atoms with Gasteiger partial charge in [0.15, 0.2) is 0 Å². The summed E-state index contributed by atoms with van der Waals surface area (Å²) in [5.41, 5.74) is 5.92. The number of rotatable bonds is 6. The van der Waals surface area contributed by atoms with Crippen molar-refractivity contribution < 1.29 is 4.79 Å². The molecule has 3 heteroatoms. The molecule has 0 aromatic carbocycles. The SMILES string of the molecule is CCCN(C(=O)C(N)CC(C)C)C1CC1. The second-order valence-electron chi connectivity index (χ2n) is 5.00. The molecule has 1 saturated carbocycles. The van der Waals surface area contributed by atoms with Crippen molar-refractivity contribution in [2.75, 3.05) is 6.54 Å². The lowest BCUT2D eigenvalue weighted by molar-refractivity contribution is -0.133. The van der Waals surface area contributed by atoms with Crippen molar-refractivity contribution >= 4 is 5.91 Å². The molecule has 1 unspecified atom stereocenters. The fourth-order valence-electron chi connectivity index (χ4n) is 1.92. The maximum atomic E-state index is 12.1. The summed E-state index contributed by atoms with van der Waals surface area (Å²) in [7, 11) is 0. The molecule has 0 aromatic heterocycles. The first kappa shape index (κ1) is 12.5. The molecule has 1 aliphatic carbocycles. The lowest BCUT2D eigenvalue weighted by Crippen LogP contribution is -2.45. The predicted molar refractivity (Wildman–Crippen MR) is 62.5 cm³/mol. The van der Waals surface area contributed by atoms with E-state index in [0.717, 1.165) is 19.4 Å². The van der Waals surface area contributed by atoms with Crippen molar-refractivity contribution in [1.82, 2.24) is 4.90 Å². The Kier molecular flexibility index (Phi) is 4.58. The first-order valence-corrected chi connectivity index (χ1v) is 6.12. The van der Waals surface area contributed by atoms with Crippen LogP contribution < -0.4 is 5.73 Å². The monoisotopic (exact) mass is 212 g/mol. The number of hydrogen-bond acceptors (Lipinski definition) is 2. The van der Waals surface area contributed by atoms with E-state index in [0.29, 0.717) is 12.0 Å². The Morgan fingerprint density at radius 2 is 2.07 bits per heavy atom. The third kappa shape index (κ3) is 3.82. The molecule has 1 fully saturated rings. The Morgan fingerprint density at radius 1 is 1.47 bits per heavy atom. The van der Waals surface area contributed by atoms with E-state index < -0.39 is 0 Å². The van der Waals surface area contributed by atoms with Crippen LogP contribution >= 0.6 is 0 Å². The van der Waals surface area contributed by atoms with Crippen LogP contribution in [-0.4, -0.2) is 29.4 Å². The number of carbonyl (C=O) groups excluding carboxylic acids is 1. The predicted octanol–water partition coefficient (Wildman–Crippen LogP) is 1.76. The van der Waals surface area contributed by atoms with Gasteiger partial charge in [-0.15, -0.1) is 0 Å². The molecule has 0 bridgehead atoms. The highest BCUT2D eigenvalue weighted by Gasteiger charge is 2.34. The zero-order chi connectivity index (χ0) is 11.4. The van der Waals surface area contributed by atoms with Gasteiger partial charge in [0.25, 0.3) is 0 Å². The van der Waals surface area contributed by atoms with E-state index in [1.807, 2.05) is 4.90 Å². The number of nitrogens with two attached hydrogens (primary N) is 1. The minimum absolute atomic E-state index is 0.160. The van der Waals surface area contributed by atoms with E-state index >= 15 is 0 Å². The zero-order valence-electron chi connectivity index (χ0n) is 10.2. The van der Waals surface area contributed by atoms with Crippen molar-refractivity contribution in [3.8, 4) is 0 Å². The van der Waals surface area contributed by atoms with Gasteiger partial charge in [-0.25, -0.2) is 0 Å². The first-order valence-electron chi connectivity index (χ1n) is 6.12. The molecule has 1 amide bonds. The lowest BCUT2D eigenvalue weighted by atomic mass is 10.0. The molecule has 0 radical (unpaired) electrons. The average Bonchev–Trinajstić information content (AvgIpc) is 2.95. The van der Waals surface area contributed by atoms with Gasteiger partial charge in [-0.2, -0.15) is 0 Å². The largest absolute Gasteiger partial charge is 0.338 e. The first-order chi connectivity index (χ1) is 7.06. The van der Waals surface area contributed by atoms with E-state index in [9.17, 15) is 4.79 Å². The van der Waals surface area contributed by atoms with E-state index in [2.05, 4.69) is 20.8 Å². The molecule has 2 N–H and O–H groups in total. The third-order valence-corrected chi connectivity index (χ3v) is 2.78. The van der Waals surface area contributed by atoms with Gasteiger partial charge < -0.3 is 10.6 Å². The van der Waals surface area contributed by atoms with Gasteiger partial charge in [-0.05, 0) is 31.6 Å². The van der Waals surface area contributed by atoms with Crippen LogP contribution in [-0.2, 0) is 4.79 Å². The van der Waals surface area contributed by atoms with Gasteiger partial charge in [-0.1, -0.05) is 20.8 Å². The highest BCUT2D eigenvalue weighted by Crippen LogP contribution is 2.27. The van der Waals surface area contributed by atoms with Crippen LogP contribution in [0.4, 0.5) is 0 Å². The summed E-state index contributed by atoms with van der Waals surface area (Å²) in [5.74, 6) is 0.652. The quantitative estimate of drug-likeness (QED) is 0.729. The van der Waals surface area contributed by atoms with E-state index in [-0.39, 0.29) is 11.9 Å². The number of nitrogens with zero attached hydrogens (tertiary/aromatic N) is 1. The maximum absolute atomic E-state index is 12.1. The molecule has 0 saturated heterocycles. The summed E-state index contributed by atoms with van der Waals surface area (Å²) in [6.07, 6.45) is 4.16. The fourth-order valence-corrected chi connectivity index (χ4v) is 1.92. The summed E-state index contributed by atoms with van der Waals surface area (Å²) in [6.45, 7) is 7.19. The lowest BCUT2D eigenvalue weighted by Gasteiger charge is -2.25. The fraction of sp³-hybridized carbons (Fsp3) is 0.917. The minimum Gasteiger partial charge on any atom is -0.338 e. The molecule has 1 rings (SSSR count). The standard InChI is InChI=1S/C12H24N2O/c1-4-7-14(10-5-6-10)12(15)11(13)8-9(2)3/h9-11H,4-8,13H2,1-3H3. The molecule has 0 heterocycles. The van der Waals surface area contributed by atoms with E-state index in [4.69, 9.17) is 5.73 Å². The highest BCUT2D eigenvalue weighted by atomic mass is 16.2. The summed E-state index contributed by atoms with van der Waals surface area (Å²) in [4.78, 5) is 14.0. The Labute approximate surface area is 93.0 Å². The van der Waals surface area contributed by atoms with Crippen LogP contribution in [0.25, 0.3) is 0 Å². The number of carbonyl (C=O) groups is 1. The molecular formula is C12H24N2O. The molecule has 15 heavy (non-hydrogen) atoms. The van der Waals surface area contributed by atoms with Crippen LogP contribution in [0.1, 0.15) is 46.5 Å². The summed E-state index contributed by atoms with van der Waals surface area (Å²) < 4.78 is 0. The van der Waals surface area contributed by atoms with Gasteiger partial charge in [0.05, 0.1) is 6.04 Å². The highest BCUT2D eigenvalue weighted by molar-refractivity contribution is 5.82. The number of hydrogen-bond donors (Lipinski definition) is 1. The minimum atomic E-state index is -0.294. The van der Waals surface area contributed by atoms with Gasteiger partial charge >= 0.3 is 0 Å². The van der Waals surface area contributed by atoms with E-state index in [1.165, 1.54) is 12.8 Å². The zero-order valence-corrected chi connectivity index (χ0v) is 10.2. The van der Waals surface area contributed by atoms with Gasteiger partial charge in [0, 0.05) is 12.6 Å². The molecule has 1 atom stereocenters. The van der Waals surface area contributed by atoms with Gasteiger partial charge in [0.1, 0.15) is 0 Å². The molecule has 0 spiro atoms. The summed E-state index contributed by atoms with van der Waals surface area (Å²) >= 11 is 0. The summed E-state index contributed by atoms with van der Waals surface area (Å²) in [5, 5.41) is 0. The molecule has 3 nitrogen and oxygen atoms in total. The van der Waals surface area contributed by atoms with Crippen molar-refractivity contribution in [2.24, 2.45) is 11.7 Å². The van der Waals surface area contributed by atoms with Crippen molar-refractivity contribution in [2.45, 2.75) is 58.5 Å². The van der Waals surface area contributed by atoms with Gasteiger partial charge in [0.2, 0.25) is 5.91 Å². The molecular weight excluding hydrogens is 188 g/mol. The Bertz CT molecular complexity index is 212. The molecule has 0 aromatic rings. The van der Waals surface area contributed by atoms with Crippen LogP contribution in [0.15, 0.2) is 0 Å². The second kappa shape index (κ2) is 5.50. The number of amides is 1. The topological polar surface area (TPSA) is 46.3 Å². The molecule has 88 valence electrons.